The maximum absolute atomic E-state index is 12.3. The number of anilines is 2. The molecule has 0 saturated carbocycles. The molecule has 0 unspecified atom stereocenters. The van der Waals surface area contributed by atoms with Gasteiger partial charge in [-0.15, -0.1) is 0 Å². The maximum atomic E-state index is 12.3. The molecule has 3 heterocycles. The fourth-order valence-corrected chi connectivity index (χ4v) is 1.98. The Kier molecular flexibility index (Phi) is 3.89. The molecule has 9 nitrogen and oxygen atoms in total. The van der Waals surface area contributed by atoms with Crippen LogP contribution in [-0.2, 0) is 0 Å². The number of nitrogens with two attached hydrogens (primary N) is 2. The number of oxazole rings is 1. The Bertz CT molecular complexity index is 921. The molecule has 0 aliphatic heterocycles. The van der Waals surface area contributed by atoms with Gasteiger partial charge >= 0.3 is 0 Å². The second kappa shape index (κ2) is 6.16. The summed E-state index contributed by atoms with van der Waals surface area (Å²) in [5.41, 5.74) is 11.8. The number of aromatic nitrogens is 3. The normalized spacial score (nSPS) is 10.3. The predicted octanol–water partition coefficient (Wildman–Crippen LogP) is 1.06. The van der Waals surface area contributed by atoms with E-state index in [-0.39, 0.29) is 22.8 Å². The Hall–Kier alpha value is -3.75. The molecule has 0 fully saturated rings. The fraction of sp³-hybridized carbons (Fsp3) is 0. The highest BCUT2D eigenvalue weighted by molar-refractivity contribution is 6.07. The topological polar surface area (TPSA) is 150 Å². The van der Waals surface area contributed by atoms with Crippen molar-refractivity contribution < 1.29 is 14.0 Å². The molecule has 0 bridgehead atoms. The van der Waals surface area contributed by atoms with Crippen LogP contribution < -0.4 is 16.8 Å². The molecule has 0 atom stereocenters. The molecule has 0 aliphatic carbocycles. The molecule has 3 aromatic heterocycles. The number of carbonyl (C=O) groups is 2. The number of pyridine rings is 2. The SMILES string of the molecule is NC(=O)c1cnccc1NC(=O)c1coc(-c2ccnc(N)c2)n1. The van der Waals surface area contributed by atoms with E-state index in [1.54, 1.807) is 12.1 Å². The summed E-state index contributed by atoms with van der Waals surface area (Å²) >= 11 is 0. The maximum Gasteiger partial charge on any atom is 0.277 e. The first-order valence-electron chi connectivity index (χ1n) is 6.77. The van der Waals surface area contributed by atoms with E-state index in [0.29, 0.717) is 11.4 Å². The van der Waals surface area contributed by atoms with Gasteiger partial charge in [-0.05, 0) is 18.2 Å². The standard InChI is InChI=1S/C15H12N6O3/c16-12-5-8(1-4-19-12)15-21-11(7-24-15)14(23)20-10-2-3-18-6-9(10)13(17)22/h1-7H,(H2,16,19)(H2,17,22)(H,18,20,23). The number of amides is 2. The van der Waals surface area contributed by atoms with Crippen molar-refractivity contribution in [2.24, 2.45) is 5.73 Å². The highest BCUT2D eigenvalue weighted by atomic mass is 16.3. The lowest BCUT2D eigenvalue weighted by Gasteiger charge is -2.06. The third kappa shape index (κ3) is 3.04. The predicted molar refractivity (Wildman–Crippen MR) is 84.9 cm³/mol. The van der Waals surface area contributed by atoms with Gasteiger partial charge in [0, 0.05) is 24.2 Å². The second-order valence-corrected chi connectivity index (χ2v) is 4.75. The number of nitrogens with zero attached hydrogens (tertiary/aromatic N) is 3. The van der Waals surface area contributed by atoms with Gasteiger partial charge in [0.15, 0.2) is 5.69 Å². The first kappa shape index (κ1) is 15.2. The number of hydrogen-bond donors (Lipinski definition) is 3. The first-order chi connectivity index (χ1) is 11.5. The number of carbonyl (C=O) groups excluding carboxylic acids is 2. The van der Waals surface area contributed by atoms with E-state index in [4.69, 9.17) is 15.9 Å². The number of nitrogen functional groups attached to an aromatic ring is 1. The van der Waals surface area contributed by atoms with E-state index < -0.39 is 11.8 Å². The van der Waals surface area contributed by atoms with Gasteiger partial charge < -0.3 is 21.2 Å². The van der Waals surface area contributed by atoms with Crippen LogP contribution >= 0.6 is 0 Å². The first-order valence-corrected chi connectivity index (χ1v) is 6.77. The Morgan fingerprint density at radius 1 is 1.21 bits per heavy atom. The molecular formula is C15H12N6O3. The molecule has 0 spiro atoms. The molecule has 3 aromatic rings. The van der Waals surface area contributed by atoms with Crippen molar-refractivity contribution in [1.82, 2.24) is 15.0 Å². The van der Waals surface area contributed by atoms with Crippen LogP contribution in [0.3, 0.4) is 0 Å². The molecule has 120 valence electrons. The molecule has 0 aliphatic rings. The minimum Gasteiger partial charge on any atom is -0.444 e. The minimum atomic E-state index is -0.702. The number of hydrogen-bond acceptors (Lipinski definition) is 7. The Balaban J connectivity index is 1.83. The van der Waals surface area contributed by atoms with Crippen LogP contribution in [0.25, 0.3) is 11.5 Å². The van der Waals surface area contributed by atoms with Crippen molar-refractivity contribution in [2.75, 3.05) is 11.1 Å². The summed E-state index contributed by atoms with van der Waals surface area (Å²) in [5, 5.41) is 2.55. The second-order valence-electron chi connectivity index (χ2n) is 4.75. The van der Waals surface area contributed by atoms with Crippen LogP contribution in [0.15, 0.2) is 47.5 Å². The lowest BCUT2D eigenvalue weighted by atomic mass is 10.2. The summed E-state index contributed by atoms with van der Waals surface area (Å²) in [4.78, 5) is 35.4. The fourth-order valence-electron chi connectivity index (χ4n) is 1.98. The zero-order valence-corrected chi connectivity index (χ0v) is 12.3. The summed E-state index contributed by atoms with van der Waals surface area (Å²) in [6.07, 6.45) is 5.40. The number of rotatable bonds is 4. The van der Waals surface area contributed by atoms with Crippen LogP contribution in [0.5, 0.6) is 0 Å². The van der Waals surface area contributed by atoms with Crippen LogP contribution in [0, 0.1) is 0 Å². The van der Waals surface area contributed by atoms with Gasteiger partial charge in [-0.1, -0.05) is 0 Å². The average molecular weight is 324 g/mol. The zero-order valence-electron chi connectivity index (χ0n) is 12.3. The van der Waals surface area contributed by atoms with Crippen molar-refractivity contribution in [3.63, 3.8) is 0 Å². The van der Waals surface area contributed by atoms with Crippen molar-refractivity contribution in [2.45, 2.75) is 0 Å². The van der Waals surface area contributed by atoms with E-state index in [9.17, 15) is 9.59 Å². The van der Waals surface area contributed by atoms with Crippen LogP contribution in [-0.4, -0.2) is 26.8 Å². The van der Waals surface area contributed by atoms with Gasteiger partial charge in [0.2, 0.25) is 5.89 Å². The Morgan fingerprint density at radius 2 is 2.04 bits per heavy atom. The summed E-state index contributed by atoms with van der Waals surface area (Å²) in [7, 11) is 0. The average Bonchev–Trinajstić information content (AvgIpc) is 3.05. The van der Waals surface area contributed by atoms with Gasteiger partial charge in [-0.25, -0.2) is 9.97 Å². The van der Waals surface area contributed by atoms with Crippen LogP contribution in [0.1, 0.15) is 20.8 Å². The van der Waals surface area contributed by atoms with Gasteiger partial charge in [0.1, 0.15) is 12.1 Å². The van der Waals surface area contributed by atoms with E-state index in [1.807, 2.05) is 0 Å². The monoisotopic (exact) mass is 324 g/mol. The van der Waals surface area contributed by atoms with E-state index in [1.165, 1.54) is 30.9 Å². The lowest BCUT2D eigenvalue weighted by molar-refractivity contribution is 0.100. The van der Waals surface area contributed by atoms with E-state index in [2.05, 4.69) is 20.3 Å². The molecular weight excluding hydrogens is 312 g/mol. The van der Waals surface area contributed by atoms with Crippen molar-refractivity contribution in [3.05, 3.63) is 54.3 Å². The van der Waals surface area contributed by atoms with E-state index in [0.717, 1.165) is 0 Å². The van der Waals surface area contributed by atoms with E-state index >= 15 is 0 Å². The smallest absolute Gasteiger partial charge is 0.277 e. The molecule has 24 heavy (non-hydrogen) atoms. The summed E-state index contributed by atoms with van der Waals surface area (Å²) in [6, 6.07) is 4.68. The zero-order chi connectivity index (χ0) is 17.1. The summed E-state index contributed by atoms with van der Waals surface area (Å²) in [5.74, 6) is -0.731. The largest absolute Gasteiger partial charge is 0.444 e. The van der Waals surface area contributed by atoms with Crippen LogP contribution in [0.4, 0.5) is 11.5 Å². The third-order valence-corrected chi connectivity index (χ3v) is 3.10. The van der Waals surface area contributed by atoms with Crippen molar-refractivity contribution >= 4 is 23.3 Å². The Labute approximate surface area is 135 Å². The minimum absolute atomic E-state index is 0.0348. The van der Waals surface area contributed by atoms with Crippen molar-refractivity contribution in [3.8, 4) is 11.5 Å². The highest BCUT2D eigenvalue weighted by Crippen LogP contribution is 2.20. The van der Waals surface area contributed by atoms with Gasteiger partial charge in [0.25, 0.3) is 11.8 Å². The molecule has 0 radical (unpaired) electrons. The molecule has 9 heteroatoms. The molecule has 5 N–H and O–H groups in total. The van der Waals surface area contributed by atoms with Gasteiger partial charge in [0.05, 0.1) is 11.3 Å². The summed E-state index contributed by atoms with van der Waals surface area (Å²) in [6.45, 7) is 0. The van der Waals surface area contributed by atoms with Gasteiger partial charge in [-0.2, -0.15) is 0 Å². The third-order valence-electron chi connectivity index (χ3n) is 3.10. The van der Waals surface area contributed by atoms with Gasteiger partial charge in [-0.3, -0.25) is 14.6 Å². The number of nitrogens with one attached hydrogen (secondary N) is 1. The molecule has 2 amide bonds. The quantitative estimate of drug-likeness (QED) is 0.649. The van der Waals surface area contributed by atoms with Crippen molar-refractivity contribution in [1.29, 1.82) is 0 Å². The molecule has 3 rings (SSSR count). The lowest BCUT2D eigenvalue weighted by Crippen LogP contribution is -2.18. The van der Waals surface area contributed by atoms with Crippen LogP contribution in [0.2, 0.25) is 0 Å². The number of primary amides is 1. The summed E-state index contributed by atoms with van der Waals surface area (Å²) < 4.78 is 5.28. The Morgan fingerprint density at radius 3 is 2.79 bits per heavy atom. The highest BCUT2D eigenvalue weighted by Gasteiger charge is 2.16. The molecule has 0 saturated heterocycles. The molecule has 0 aromatic carbocycles.